The van der Waals surface area contributed by atoms with E-state index in [4.69, 9.17) is 21.1 Å². The molecule has 0 spiro atoms. The molecule has 0 amide bonds. The summed E-state index contributed by atoms with van der Waals surface area (Å²) in [6.45, 7) is 4.95. The van der Waals surface area contributed by atoms with Crippen LogP contribution in [0.5, 0.6) is 5.75 Å². The predicted octanol–water partition coefficient (Wildman–Crippen LogP) is 3.96. The summed E-state index contributed by atoms with van der Waals surface area (Å²) in [6.07, 6.45) is 0.995. The number of thiazole rings is 1. The largest absolute Gasteiger partial charge is 0.494 e. The number of methoxy groups -OCH3 is 1. The average molecular weight is 329 g/mol. The van der Waals surface area contributed by atoms with E-state index in [1.54, 1.807) is 13.0 Å². The number of ether oxygens (including phenoxy) is 2. The minimum absolute atomic E-state index is 0.295. The number of hydrogen-bond acceptors (Lipinski definition) is 6. The maximum Gasteiger partial charge on any atom is 0.342 e. The van der Waals surface area contributed by atoms with Crippen LogP contribution in [0.15, 0.2) is 6.07 Å². The first-order valence-corrected chi connectivity index (χ1v) is 7.89. The van der Waals surface area contributed by atoms with Gasteiger partial charge in [-0.05, 0) is 19.4 Å². The van der Waals surface area contributed by atoms with Gasteiger partial charge in [-0.15, -0.1) is 0 Å². The number of hydrogen-bond donors (Lipinski definition) is 1. The molecule has 5 nitrogen and oxygen atoms in total. The van der Waals surface area contributed by atoms with E-state index in [2.05, 4.69) is 17.2 Å². The molecule has 0 aliphatic rings. The fraction of sp³-hybridized carbons (Fsp3) is 0.429. The number of esters is 1. The summed E-state index contributed by atoms with van der Waals surface area (Å²) in [5, 5.41) is 4.38. The molecule has 0 aliphatic heterocycles. The molecule has 2 rings (SSSR count). The van der Waals surface area contributed by atoms with Gasteiger partial charge in [0, 0.05) is 6.54 Å². The fourth-order valence-electron chi connectivity index (χ4n) is 1.89. The summed E-state index contributed by atoms with van der Waals surface area (Å²) in [4.78, 5) is 16.5. The Kier molecular flexibility index (Phi) is 5.25. The second-order valence-electron chi connectivity index (χ2n) is 4.28. The first-order chi connectivity index (χ1) is 10.1. The second-order valence-corrected chi connectivity index (χ2v) is 5.69. The SMILES string of the molecule is CCCNc1nc2c(Cl)cc(C(=O)OCC)c(OC)c2s1. The Morgan fingerprint density at radius 2 is 2.24 bits per heavy atom. The first kappa shape index (κ1) is 15.9. The molecule has 0 saturated carbocycles. The number of carbonyl (C=O) groups is 1. The summed E-state index contributed by atoms with van der Waals surface area (Å²) in [5.74, 6) is 0.00418. The molecule has 7 heteroatoms. The number of nitrogens with one attached hydrogen (secondary N) is 1. The van der Waals surface area contributed by atoms with Crippen molar-refractivity contribution in [3.8, 4) is 5.75 Å². The van der Waals surface area contributed by atoms with E-state index >= 15 is 0 Å². The van der Waals surface area contributed by atoms with Crippen LogP contribution in [0.2, 0.25) is 5.02 Å². The smallest absolute Gasteiger partial charge is 0.342 e. The van der Waals surface area contributed by atoms with Gasteiger partial charge in [-0.25, -0.2) is 9.78 Å². The summed E-state index contributed by atoms with van der Waals surface area (Å²) < 4.78 is 11.2. The highest BCUT2D eigenvalue weighted by molar-refractivity contribution is 7.22. The zero-order valence-electron chi connectivity index (χ0n) is 12.2. The van der Waals surface area contributed by atoms with Crippen LogP contribution in [0.25, 0.3) is 10.2 Å². The van der Waals surface area contributed by atoms with Gasteiger partial charge in [0.25, 0.3) is 0 Å². The molecule has 0 fully saturated rings. The van der Waals surface area contributed by atoms with Crippen LogP contribution in [0.3, 0.4) is 0 Å². The van der Waals surface area contributed by atoms with Crippen molar-refractivity contribution in [1.82, 2.24) is 4.98 Å². The molecule has 0 unspecified atom stereocenters. The number of halogens is 1. The van der Waals surface area contributed by atoms with Gasteiger partial charge in [-0.3, -0.25) is 0 Å². The van der Waals surface area contributed by atoms with E-state index in [1.807, 2.05) is 0 Å². The Bertz CT molecular complexity index is 657. The summed E-state index contributed by atoms with van der Waals surface area (Å²) in [5.41, 5.74) is 0.952. The van der Waals surface area contributed by atoms with Crippen LogP contribution in [0, 0.1) is 0 Å². The van der Waals surface area contributed by atoms with Crippen molar-refractivity contribution in [3.05, 3.63) is 16.7 Å². The zero-order valence-corrected chi connectivity index (χ0v) is 13.7. The van der Waals surface area contributed by atoms with Gasteiger partial charge in [0.1, 0.15) is 15.8 Å². The van der Waals surface area contributed by atoms with Crippen molar-refractivity contribution in [2.75, 3.05) is 25.6 Å². The quantitative estimate of drug-likeness (QED) is 0.813. The zero-order chi connectivity index (χ0) is 15.4. The molecular weight excluding hydrogens is 312 g/mol. The molecule has 2 aromatic rings. The number of fused-ring (bicyclic) bond motifs is 1. The third kappa shape index (κ3) is 3.22. The molecule has 0 atom stereocenters. The van der Waals surface area contributed by atoms with Crippen molar-refractivity contribution < 1.29 is 14.3 Å². The molecule has 1 aromatic carbocycles. The molecule has 21 heavy (non-hydrogen) atoms. The third-order valence-corrected chi connectivity index (χ3v) is 4.10. The summed E-state index contributed by atoms with van der Waals surface area (Å²) in [7, 11) is 1.52. The molecular formula is C14H17ClN2O3S. The number of benzene rings is 1. The second kappa shape index (κ2) is 6.95. The first-order valence-electron chi connectivity index (χ1n) is 6.70. The number of carbonyl (C=O) groups excluding carboxylic acids is 1. The average Bonchev–Trinajstić information content (AvgIpc) is 2.89. The van der Waals surface area contributed by atoms with Gasteiger partial charge < -0.3 is 14.8 Å². The summed E-state index contributed by atoms with van der Waals surface area (Å²) >= 11 is 7.65. The molecule has 1 N–H and O–H groups in total. The highest BCUT2D eigenvalue weighted by Gasteiger charge is 2.21. The van der Waals surface area contributed by atoms with Gasteiger partial charge in [0.15, 0.2) is 10.9 Å². The Balaban J connectivity index is 2.54. The molecule has 114 valence electrons. The maximum atomic E-state index is 12.0. The van der Waals surface area contributed by atoms with Crippen LogP contribution >= 0.6 is 22.9 Å². The number of anilines is 1. The van der Waals surface area contributed by atoms with E-state index in [0.29, 0.717) is 28.5 Å². The normalized spacial score (nSPS) is 10.7. The molecule has 0 aliphatic carbocycles. The highest BCUT2D eigenvalue weighted by atomic mass is 35.5. The van der Waals surface area contributed by atoms with Crippen LogP contribution < -0.4 is 10.1 Å². The van der Waals surface area contributed by atoms with Crippen LogP contribution in [-0.2, 0) is 4.74 Å². The van der Waals surface area contributed by atoms with Crippen molar-refractivity contribution >= 4 is 44.3 Å². The van der Waals surface area contributed by atoms with E-state index < -0.39 is 5.97 Å². The van der Waals surface area contributed by atoms with Gasteiger partial charge >= 0.3 is 5.97 Å². The minimum Gasteiger partial charge on any atom is -0.494 e. The van der Waals surface area contributed by atoms with E-state index in [9.17, 15) is 4.79 Å². The van der Waals surface area contributed by atoms with Crippen molar-refractivity contribution in [2.24, 2.45) is 0 Å². The van der Waals surface area contributed by atoms with Crippen LogP contribution in [-0.4, -0.2) is 31.2 Å². The van der Waals surface area contributed by atoms with Crippen LogP contribution in [0.4, 0.5) is 5.13 Å². The maximum absolute atomic E-state index is 12.0. The standard InChI is InChI=1S/C14H17ClN2O3S/c1-4-6-16-14-17-10-9(15)7-8(13(18)20-5-2)11(19-3)12(10)21-14/h7H,4-6H2,1-3H3,(H,16,17). The van der Waals surface area contributed by atoms with Crippen LogP contribution in [0.1, 0.15) is 30.6 Å². The molecule has 0 radical (unpaired) electrons. The Hall–Kier alpha value is -1.53. The number of rotatable bonds is 6. The van der Waals surface area contributed by atoms with Gasteiger partial charge in [0.05, 0.1) is 18.7 Å². The predicted molar refractivity (Wildman–Crippen MR) is 85.9 cm³/mol. The molecule has 1 heterocycles. The lowest BCUT2D eigenvalue weighted by Gasteiger charge is -2.09. The lowest BCUT2D eigenvalue weighted by molar-refractivity contribution is 0.0523. The molecule has 1 aromatic heterocycles. The van der Waals surface area contributed by atoms with Gasteiger partial charge in [-0.1, -0.05) is 29.9 Å². The molecule has 0 saturated heterocycles. The van der Waals surface area contributed by atoms with Crippen molar-refractivity contribution in [3.63, 3.8) is 0 Å². The number of nitrogens with zero attached hydrogens (tertiary/aromatic N) is 1. The Labute approximate surface area is 132 Å². The highest BCUT2D eigenvalue weighted by Crippen LogP contribution is 2.40. The van der Waals surface area contributed by atoms with E-state index in [-0.39, 0.29) is 0 Å². The Morgan fingerprint density at radius 3 is 2.86 bits per heavy atom. The van der Waals surface area contributed by atoms with E-state index in [1.165, 1.54) is 18.4 Å². The third-order valence-electron chi connectivity index (χ3n) is 2.80. The topological polar surface area (TPSA) is 60.5 Å². The van der Waals surface area contributed by atoms with E-state index in [0.717, 1.165) is 22.8 Å². The monoisotopic (exact) mass is 328 g/mol. The fourth-order valence-corrected chi connectivity index (χ4v) is 3.23. The molecule has 0 bridgehead atoms. The lowest BCUT2D eigenvalue weighted by Crippen LogP contribution is -2.07. The van der Waals surface area contributed by atoms with Gasteiger partial charge in [0.2, 0.25) is 0 Å². The van der Waals surface area contributed by atoms with Crippen molar-refractivity contribution in [1.29, 1.82) is 0 Å². The van der Waals surface area contributed by atoms with Gasteiger partial charge in [-0.2, -0.15) is 0 Å². The minimum atomic E-state index is -0.449. The Morgan fingerprint density at radius 1 is 1.48 bits per heavy atom. The lowest BCUT2D eigenvalue weighted by atomic mass is 10.2. The number of aromatic nitrogens is 1. The van der Waals surface area contributed by atoms with Crippen molar-refractivity contribution in [2.45, 2.75) is 20.3 Å². The summed E-state index contributed by atoms with van der Waals surface area (Å²) in [6, 6.07) is 1.55.